The summed E-state index contributed by atoms with van der Waals surface area (Å²) in [6, 6.07) is 0. The summed E-state index contributed by atoms with van der Waals surface area (Å²) in [6.07, 6.45) is 4.54. The first-order chi connectivity index (χ1) is 7.00. The summed E-state index contributed by atoms with van der Waals surface area (Å²) in [5.41, 5.74) is -1.95. The van der Waals surface area contributed by atoms with Gasteiger partial charge in [-0.1, -0.05) is 26.2 Å². The highest BCUT2D eigenvalue weighted by Gasteiger charge is 2.82. The number of aliphatic carboxylic acids is 2. The van der Waals surface area contributed by atoms with Crippen molar-refractivity contribution in [1.29, 1.82) is 0 Å². The monoisotopic (exact) mass is 212 g/mol. The van der Waals surface area contributed by atoms with Gasteiger partial charge in [-0.05, 0) is 18.8 Å². The van der Waals surface area contributed by atoms with Crippen LogP contribution >= 0.6 is 0 Å². The van der Waals surface area contributed by atoms with Gasteiger partial charge in [-0.2, -0.15) is 0 Å². The van der Waals surface area contributed by atoms with Gasteiger partial charge >= 0.3 is 11.9 Å². The average Bonchev–Trinajstić information content (AvgIpc) is 2.68. The number of carboxylic acids is 2. The SMILES string of the molecule is CC1C2(CCCCC2)C1(C(=O)O)C(=O)O. The predicted molar refractivity (Wildman–Crippen MR) is 52.4 cm³/mol. The van der Waals surface area contributed by atoms with Crippen LogP contribution in [0.3, 0.4) is 0 Å². The van der Waals surface area contributed by atoms with Crippen molar-refractivity contribution in [3.8, 4) is 0 Å². The minimum absolute atomic E-state index is 0.222. The molecule has 1 spiro atoms. The Kier molecular flexibility index (Phi) is 2.07. The van der Waals surface area contributed by atoms with Gasteiger partial charge in [0.1, 0.15) is 0 Å². The molecular formula is C11H16O4. The Labute approximate surface area is 88.3 Å². The Balaban J connectivity index is 2.36. The molecule has 0 amide bonds. The molecule has 2 N–H and O–H groups in total. The van der Waals surface area contributed by atoms with Crippen molar-refractivity contribution in [2.45, 2.75) is 39.0 Å². The Morgan fingerprint density at radius 1 is 1.07 bits per heavy atom. The molecular weight excluding hydrogens is 196 g/mol. The maximum Gasteiger partial charge on any atom is 0.321 e. The third-order valence-electron chi connectivity index (χ3n) is 4.60. The molecule has 0 bridgehead atoms. The van der Waals surface area contributed by atoms with Crippen molar-refractivity contribution in [3.63, 3.8) is 0 Å². The van der Waals surface area contributed by atoms with E-state index in [0.717, 1.165) is 32.1 Å². The fraction of sp³-hybridized carbons (Fsp3) is 0.818. The summed E-state index contributed by atoms with van der Waals surface area (Å²) < 4.78 is 0. The highest BCUT2D eigenvalue weighted by Crippen LogP contribution is 2.75. The molecule has 1 unspecified atom stereocenters. The number of carbonyl (C=O) groups is 2. The van der Waals surface area contributed by atoms with Crippen LogP contribution in [-0.2, 0) is 9.59 Å². The van der Waals surface area contributed by atoms with E-state index in [1.54, 1.807) is 6.92 Å². The third kappa shape index (κ3) is 0.971. The van der Waals surface area contributed by atoms with Crippen molar-refractivity contribution in [2.75, 3.05) is 0 Å². The van der Waals surface area contributed by atoms with Crippen molar-refractivity contribution in [3.05, 3.63) is 0 Å². The second-order valence-electron chi connectivity index (χ2n) is 4.86. The first-order valence-corrected chi connectivity index (χ1v) is 5.47. The molecule has 0 heterocycles. The van der Waals surface area contributed by atoms with Crippen LogP contribution in [0, 0.1) is 16.7 Å². The van der Waals surface area contributed by atoms with Gasteiger partial charge in [0.2, 0.25) is 0 Å². The first kappa shape index (κ1) is 10.5. The minimum atomic E-state index is -1.49. The number of hydrogen-bond donors (Lipinski definition) is 2. The lowest BCUT2D eigenvalue weighted by Crippen LogP contribution is -2.33. The van der Waals surface area contributed by atoms with E-state index in [1.807, 2.05) is 0 Å². The molecule has 0 saturated heterocycles. The van der Waals surface area contributed by atoms with Crippen LogP contribution < -0.4 is 0 Å². The molecule has 0 radical (unpaired) electrons. The zero-order valence-corrected chi connectivity index (χ0v) is 8.82. The van der Waals surface area contributed by atoms with Crippen molar-refractivity contribution in [2.24, 2.45) is 16.7 Å². The summed E-state index contributed by atoms with van der Waals surface area (Å²) in [5.74, 6) is -2.52. The Morgan fingerprint density at radius 3 is 1.87 bits per heavy atom. The topological polar surface area (TPSA) is 74.6 Å². The average molecular weight is 212 g/mol. The normalized spacial score (nSPS) is 31.1. The smallest absolute Gasteiger partial charge is 0.321 e. The van der Waals surface area contributed by atoms with E-state index in [1.165, 1.54) is 0 Å². The van der Waals surface area contributed by atoms with E-state index in [4.69, 9.17) is 0 Å². The molecule has 0 aromatic heterocycles. The fourth-order valence-corrected chi connectivity index (χ4v) is 3.71. The van der Waals surface area contributed by atoms with Gasteiger partial charge in [-0.3, -0.25) is 9.59 Å². The lowest BCUT2D eigenvalue weighted by Gasteiger charge is -2.24. The zero-order chi connectivity index (χ0) is 11.3. The van der Waals surface area contributed by atoms with Gasteiger partial charge in [-0.25, -0.2) is 0 Å². The van der Waals surface area contributed by atoms with Crippen LogP contribution in [0.2, 0.25) is 0 Å². The predicted octanol–water partition coefficient (Wildman–Crippen LogP) is 1.74. The van der Waals surface area contributed by atoms with Crippen LogP contribution in [0.15, 0.2) is 0 Å². The maximum atomic E-state index is 11.2. The van der Waals surface area contributed by atoms with Crippen molar-refractivity contribution < 1.29 is 19.8 Å². The van der Waals surface area contributed by atoms with E-state index in [-0.39, 0.29) is 5.92 Å². The Bertz CT molecular complexity index is 301. The van der Waals surface area contributed by atoms with E-state index >= 15 is 0 Å². The highest BCUT2D eigenvalue weighted by molar-refractivity contribution is 6.04. The van der Waals surface area contributed by atoms with E-state index in [2.05, 4.69) is 0 Å². The van der Waals surface area contributed by atoms with Crippen LogP contribution in [0.25, 0.3) is 0 Å². The van der Waals surface area contributed by atoms with Crippen LogP contribution in [0.5, 0.6) is 0 Å². The van der Waals surface area contributed by atoms with Crippen LogP contribution in [0.1, 0.15) is 39.0 Å². The summed E-state index contributed by atoms with van der Waals surface area (Å²) >= 11 is 0. The third-order valence-corrected chi connectivity index (χ3v) is 4.60. The second kappa shape index (κ2) is 2.97. The first-order valence-electron chi connectivity index (χ1n) is 5.47. The molecule has 0 aromatic rings. The van der Waals surface area contributed by atoms with Crippen molar-refractivity contribution in [1.82, 2.24) is 0 Å². The van der Waals surface area contributed by atoms with E-state index in [0.29, 0.717) is 0 Å². The van der Waals surface area contributed by atoms with Gasteiger partial charge < -0.3 is 10.2 Å². The molecule has 2 aliphatic carbocycles. The van der Waals surface area contributed by atoms with Gasteiger partial charge in [0, 0.05) is 5.41 Å². The summed E-state index contributed by atoms with van der Waals surface area (Å²) in [4.78, 5) is 22.5. The second-order valence-corrected chi connectivity index (χ2v) is 4.86. The zero-order valence-electron chi connectivity index (χ0n) is 8.82. The van der Waals surface area contributed by atoms with E-state index in [9.17, 15) is 19.8 Å². The van der Waals surface area contributed by atoms with Gasteiger partial charge in [0.15, 0.2) is 5.41 Å². The van der Waals surface area contributed by atoms with E-state index < -0.39 is 22.8 Å². The molecule has 0 aromatic carbocycles. The Morgan fingerprint density at radius 2 is 1.53 bits per heavy atom. The molecule has 0 aliphatic heterocycles. The molecule has 2 rings (SSSR count). The molecule has 2 saturated carbocycles. The maximum absolute atomic E-state index is 11.2. The quantitative estimate of drug-likeness (QED) is 0.684. The molecule has 4 nitrogen and oxygen atoms in total. The summed E-state index contributed by atoms with van der Waals surface area (Å²) in [6.45, 7) is 1.77. The minimum Gasteiger partial charge on any atom is -0.480 e. The lowest BCUT2D eigenvalue weighted by molar-refractivity contribution is -0.160. The number of hydrogen-bond acceptors (Lipinski definition) is 2. The molecule has 2 fully saturated rings. The standard InChI is InChI=1S/C11H16O4/c1-7-10(5-3-2-4-6-10)11(7,8(12)13)9(14)15/h7H,2-6H2,1H3,(H,12,13)(H,14,15). The van der Waals surface area contributed by atoms with Gasteiger partial charge in [-0.15, -0.1) is 0 Å². The largest absolute Gasteiger partial charge is 0.480 e. The molecule has 84 valence electrons. The summed E-state index contributed by atoms with van der Waals surface area (Å²) in [5, 5.41) is 18.4. The number of rotatable bonds is 2. The van der Waals surface area contributed by atoms with Gasteiger partial charge in [0.05, 0.1) is 0 Å². The molecule has 1 atom stereocenters. The molecule has 2 aliphatic rings. The summed E-state index contributed by atoms with van der Waals surface area (Å²) in [7, 11) is 0. The molecule has 15 heavy (non-hydrogen) atoms. The van der Waals surface area contributed by atoms with Crippen LogP contribution in [-0.4, -0.2) is 22.2 Å². The highest BCUT2D eigenvalue weighted by atomic mass is 16.4. The number of carboxylic acid groups (broad SMARTS) is 2. The fourth-order valence-electron chi connectivity index (χ4n) is 3.71. The lowest BCUT2D eigenvalue weighted by atomic mass is 9.79. The van der Waals surface area contributed by atoms with Crippen molar-refractivity contribution >= 4 is 11.9 Å². The van der Waals surface area contributed by atoms with Crippen LogP contribution in [0.4, 0.5) is 0 Å². The molecule has 4 heteroatoms. The Hall–Kier alpha value is -1.06. The van der Waals surface area contributed by atoms with Gasteiger partial charge in [0.25, 0.3) is 0 Å².